The second kappa shape index (κ2) is 10.0. The van der Waals surface area contributed by atoms with Crippen molar-refractivity contribution in [3.05, 3.63) is 72.7 Å². The molecule has 2 heterocycles. The fourth-order valence-corrected chi connectivity index (χ4v) is 4.82. The lowest BCUT2D eigenvalue weighted by atomic mass is 9.91. The molecule has 0 radical (unpaired) electrons. The van der Waals surface area contributed by atoms with Crippen LogP contribution in [-0.2, 0) is 11.3 Å². The van der Waals surface area contributed by atoms with Gasteiger partial charge in [-0.1, -0.05) is 42.5 Å². The van der Waals surface area contributed by atoms with Gasteiger partial charge in [-0.05, 0) is 48.9 Å². The van der Waals surface area contributed by atoms with E-state index in [1.165, 1.54) is 13.4 Å². The number of nitrogens with one attached hydrogen (secondary N) is 1. The van der Waals surface area contributed by atoms with Crippen molar-refractivity contribution < 1.29 is 14.3 Å². The van der Waals surface area contributed by atoms with Crippen molar-refractivity contribution in [3.8, 4) is 16.9 Å². The van der Waals surface area contributed by atoms with E-state index < -0.39 is 0 Å². The van der Waals surface area contributed by atoms with E-state index in [2.05, 4.69) is 32.1 Å². The molecule has 0 saturated heterocycles. The predicted octanol–water partition coefficient (Wildman–Crippen LogP) is 5.10. The molecule has 0 atom stereocenters. The topological polar surface area (TPSA) is 104 Å². The van der Waals surface area contributed by atoms with Gasteiger partial charge in [-0.3, -0.25) is 0 Å². The number of carbonyl (C=O) groups excluding carboxylic acids is 1. The highest BCUT2D eigenvalue weighted by molar-refractivity contribution is 6.00. The largest absolute Gasteiger partial charge is 0.489 e. The first-order chi connectivity index (χ1) is 17.1. The summed E-state index contributed by atoms with van der Waals surface area (Å²) in [6, 6.07) is 18.5. The van der Waals surface area contributed by atoms with Crippen molar-refractivity contribution in [3.63, 3.8) is 0 Å². The number of aromatic nitrogens is 3. The van der Waals surface area contributed by atoms with Crippen LogP contribution >= 0.6 is 0 Å². The molecular weight excluding hydrogens is 442 g/mol. The molecule has 2 aromatic heterocycles. The van der Waals surface area contributed by atoms with Crippen LogP contribution in [0.3, 0.4) is 0 Å². The first kappa shape index (κ1) is 22.7. The highest BCUT2D eigenvalue weighted by atomic mass is 16.5. The number of nitrogens with zero attached hydrogens (tertiary/aromatic N) is 3. The molecule has 8 nitrogen and oxygen atoms in total. The highest BCUT2D eigenvalue weighted by Gasteiger charge is 2.26. The number of nitrogens with two attached hydrogens (primary N) is 1. The van der Waals surface area contributed by atoms with Crippen LogP contribution in [0.4, 0.5) is 10.6 Å². The molecule has 0 spiro atoms. The molecule has 35 heavy (non-hydrogen) atoms. The number of alkyl carbamates (subject to hydrolysis) is 1. The number of anilines is 1. The molecule has 1 aliphatic rings. The number of nitrogen functional groups attached to an aromatic ring is 1. The van der Waals surface area contributed by atoms with E-state index >= 15 is 0 Å². The molecular formula is C27H29N5O3. The summed E-state index contributed by atoms with van der Waals surface area (Å²) in [7, 11) is 1.39. The van der Waals surface area contributed by atoms with Crippen LogP contribution in [0, 0.1) is 0 Å². The Morgan fingerprint density at radius 3 is 2.66 bits per heavy atom. The number of benzene rings is 2. The average molecular weight is 472 g/mol. The van der Waals surface area contributed by atoms with Gasteiger partial charge in [-0.15, -0.1) is 0 Å². The zero-order valence-electron chi connectivity index (χ0n) is 19.7. The average Bonchev–Trinajstić information content (AvgIpc) is 3.30. The summed E-state index contributed by atoms with van der Waals surface area (Å²) in [6.45, 7) is 0.500. The number of amides is 1. The molecule has 1 aliphatic carbocycles. The zero-order valence-corrected chi connectivity index (χ0v) is 19.7. The van der Waals surface area contributed by atoms with Crippen molar-refractivity contribution in [1.82, 2.24) is 19.9 Å². The van der Waals surface area contributed by atoms with E-state index in [1.54, 1.807) is 0 Å². The zero-order chi connectivity index (χ0) is 24.2. The van der Waals surface area contributed by atoms with Crippen LogP contribution in [0.25, 0.3) is 22.2 Å². The maximum absolute atomic E-state index is 11.6. The molecule has 1 saturated carbocycles. The maximum Gasteiger partial charge on any atom is 0.407 e. The van der Waals surface area contributed by atoms with Crippen LogP contribution in [-0.4, -0.2) is 33.8 Å². The lowest BCUT2D eigenvalue weighted by Crippen LogP contribution is -2.37. The fraction of sp³-hybridized carbons (Fsp3) is 0.296. The van der Waals surface area contributed by atoms with Gasteiger partial charge in [0.2, 0.25) is 0 Å². The summed E-state index contributed by atoms with van der Waals surface area (Å²) in [5.41, 5.74) is 10.3. The van der Waals surface area contributed by atoms with Crippen LogP contribution in [0.15, 0.2) is 67.1 Å². The minimum Gasteiger partial charge on any atom is -0.489 e. The third kappa shape index (κ3) is 4.91. The molecule has 4 aromatic rings. The minimum absolute atomic E-state index is 0.123. The summed E-state index contributed by atoms with van der Waals surface area (Å²) in [5, 5.41) is 3.77. The van der Waals surface area contributed by atoms with Crippen LogP contribution in [0.1, 0.15) is 37.3 Å². The van der Waals surface area contributed by atoms with E-state index in [1.807, 2.05) is 48.5 Å². The number of fused-ring (bicyclic) bond motifs is 1. The van der Waals surface area contributed by atoms with Gasteiger partial charge in [0, 0.05) is 23.8 Å². The van der Waals surface area contributed by atoms with Crippen LogP contribution in [0.2, 0.25) is 0 Å². The molecule has 8 heteroatoms. The quantitative estimate of drug-likeness (QED) is 0.405. The number of rotatable bonds is 6. The van der Waals surface area contributed by atoms with Gasteiger partial charge in [0.05, 0.1) is 12.5 Å². The Morgan fingerprint density at radius 2 is 1.89 bits per heavy atom. The van der Waals surface area contributed by atoms with Crippen molar-refractivity contribution in [1.29, 1.82) is 0 Å². The summed E-state index contributed by atoms with van der Waals surface area (Å²) in [4.78, 5) is 20.4. The lowest BCUT2D eigenvalue weighted by molar-refractivity contribution is 0.161. The molecule has 0 aliphatic heterocycles. The smallest absolute Gasteiger partial charge is 0.407 e. The van der Waals surface area contributed by atoms with Crippen LogP contribution < -0.4 is 15.8 Å². The van der Waals surface area contributed by atoms with Gasteiger partial charge in [0.15, 0.2) is 0 Å². The highest BCUT2D eigenvalue weighted by Crippen LogP contribution is 2.38. The van der Waals surface area contributed by atoms with Crippen molar-refractivity contribution >= 4 is 22.9 Å². The molecule has 180 valence electrons. The molecule has 3 N–H and O–H groups in total. The molecule has 0 unspecified atom stereocenters. The summed E-state index contributed by atoms with van der Waals surface area (Å²) >= 11 is 0. The van der Waals surface area contributed by atoms with Gasteiger partial charge in [-0.25, -0.2) is 14.8 Å². The second-order valence-corrected chi connectivity index (χ2v) is 8.85. The molecule has 1 amide bonds. The fourth-order valence-electron chi connectivity index (χ4n) is 4.82. The Kier molecular flexibility index (Phi) is 6.52. The Balaban J connectivity index is 1.41. The maximum atomic E-state index is 11.6. The van der Waals surface area contributed by atoms with Gasteiger partial charge in [0.1, 0.15) is 30.1 Å². The number of methoxy groups -OCH3 is 1. The van der Waals surface area contributed by atoms with Gasteiger partial charge < -0.3 is 25.1 Å². The third-order valence-electron chi connectivity index (χ3n) is 6.63. The molecule has 1 fully saturated rings. The van der Waals surface area contributed by atoms with E-state index in [0.29, 0.717) is 12.4 Å². The second-order valence-electron chi connectivity index (χ2n) is 8.85. The molecule has 5 rings (SSSR count). The standard InChI is InChI=1S/C27H29N5O3/c1-34-27(33)31-20-10-12-21(13-11-20)32-15-23(24-25(28)29-17-30-26(24)32)19-8-5-9-22(14-19)35-16-18-6-3-2-4-7-18/h2-9,14-15,17,20-21H,10-13,16H2,1H3,(H,31,33)(H2,28,29,30). The number of ether oxygens (including phenoxy) is 2. The first-order valence-electron chi connectivity index (χ1n) is 11.8. The van der Waals surface area contributed by atoms with E-state index in [0.717, 1.165) is 59.2 Å². The summed E-state index contributed by atoms with van der Waals surface area (Å²) in [6.07, 6.45) is 6.85. The monoisotopic (exact) mass is 471 g/mol. The van der Waals surface area contributed by atoms with E-state index in [4.69, 9.17) is 15.2 Å². The van der Waals surface area contributed by atoms with Gasteiger partial charge in [-0.2, -0.15) is 0 Å². The van der Waals surface area contributed by atoms with Gasteiger partial charge in [0.25, 0.3) is 0 Å². The van der Waals surface area contributed by atoms with Crippen molar-refractivity contribution in [2.24, 2.45) is 0 Å². The molecule has 2 aromatic carbocycles. The summed E-state index contributed by atoms with van der Waals surface area (Å²) < 4.78 is 13.0. The van der Waals surface area contributed by atoms with Gasteiger partial charge >= 0.3 is 6.09 Å². The third-order valence-corrected chi connectivity index (χ3v) is 6.63. The Hall–Kier alpha value is -4.07. The number of hydrogen-bond donors (Lipinski definition) is 2. The number of hydrogen-bond acceptors (Lipinski definition) is 6. The Bertz CT molecular complexity index is 1310. The Morgan fingerprint density at radius 1 is 1.09 bits per heavy atom. The lowest BCUT2D eigenvalue weighted by Gasteiger charge is -2.29. The normalized spacial score (nSPS) is 17.7. The minimum atomic E-state index is -0.378. The van der Waals surface area contributed by atoms with Crippen molar-refractivity contribution in [2.75, 3.05) is 12.8 Å². The number of carbonyl (C=O) groups is 1. The van der Waals surface area contributed by atoms with E-state index in [9.17, 15) is 4.79 Å². The Labute approximate surface area is 204 Å². The van der Waals surface area contributed by atoms with Crippen molar-refractivity contribution in [2.45, 2.75) is 44.4 Å². The predicted molar refractivity (Wildman–Crippen MR) is 135 cm³/mol. The van der Waals surface area contributed by atoms with E-state index in [-0.39, 0.29) is 18.2 Å². The molecule has 0 bridgehead atoms. The first-order valence-corrected chi connectivity index (χ1v) is 11.8. The summed E-state index contributed by atoms with van der Waals surface area (Å²) in [5.74, 6) is 1.25. The SMILES string of the molecule is COC(=O)NC1CCC(n2cc(-c3cccc(OCc4ccccc4)c3)c3c(N)ncnc32)CC1. The van der Waals surface area contributed by atoms with Crippen LogP contribution in [0.5, 0.6) is 5.75 Å².